The van der Waals surface area contributed by atoms with Gasteiger partial charge in [0.15, 0.2) is 5.82 Å². The molecule has 2 aromatic carbocycles. The third-order valence-electron chi connectivity index (χ3n) is 9.67. The highest BCUT2D eigenvalue weighted by Crippen LogP contribution is 2.37. The first-order chi connectivity index (χ1) is 21.5. The van der Waals surface area contributed by atoms with Crippen molar-refractivity contribution < 1.29 is 18.6 Å². The number of anilines is 1. The standard InChI is InChI=1S/C26H21F2N5O.C8H15NO/c1-3-17-20(27)10-7-14-5-4-6-18(21(14)17)23-22(28)24-19(11-29-23)25(32-26(31-24)34-2)33-12-15-8-9-16(13-33)30-15;10-6-8-4-3-7-2-1-5-9(7)8/h1,4-7,10-11,15-16,30H,8-9,12-13H2,2H3;7-8,10H,1-6H2. The molecule has 0 saturated carbocycles. The number of hydrogen-bond acceptors (Lipinski definition) is 8. The van der Waals surface area contributed by atoms with Crippen LogP contribution in [0.15, 0.2) is 36.5 Å². The van der Waals surface area contributed by atoms with E-state index >= 15 is 4.39 Å². The van der Waals surface area contributed by atoms with Gasteiger partial charge in [-0.3, -0.25) is 9.88 Å². The lowest BCUT2D eigenvalue weighted by molar-refractivity contribution is 0.155. The van der Waals surface area contributed by atoms with Crippen molar-refractivity contribution in [2.45, 2.75) is 62.7 Å². The van der Waals surface area contributed by atoms with Gasteiger partial charge in [0.1, 0.15) is 22.8 Å². The predicted molar refractivity (Wildman–Crippen MR) is 167 cm³/mol. The van der Waals surface area contributed by atoms with Crippen LogP contribution in [0, 0.1) is 24.0 Å². The Morgan fingerprint density at radius 1 is 1.07 bits per heavy atom. The lowest BCUT2D eigenvalue weighted by Gasteiger charge is -2.34. The number of aliphatic hydroxyl groups is 1. The van der Waals surface area contributed by atoms with Gasteiger partial charge in [0, 0.05) is 54.4 Å². The summed E-state index contributed by atoms with van der Waals surface area (Å²) < 4.78 is 35.9. The molecule has 4 atom stereocenters. The third kappa shape index (κ3) is 5.03. The molecule has 2 aromatic heterocycles. The van der Waals surface area contributed by atoms with Gasteiger partial charge in [-0.05, 0) is 56.5 Å². The molecule has 4 fully saturated rings. The molecule has 4 aromatic rings. The predicted octanol–water partition coefficient (Wildman–Crippen LogP) is 4.66. The summed E-state index contributed by atoms with van der Waals surface area (Å²) in [5, 5.41) is 14.2. The Morgan fingerprint density at radius 2 is 1.89 bits per heavy atom. The van der Waals surface area contributed by atoms with E-state index in [4.69, 9.17) is 16.3 Å². The fourth-order valence-electron chi connectivity index (χ4n) is 7.60. The normalized spacial score (nSPS) is 24.3. The van der Waals surface area contributed by atoms with Gasteiger partial charge in [-0.1, -0.05) is 30.2 Å². The molecule has 2 bridgehead atoms. The molecule has 6 heterocycles. The molecule has 4 aliphatic rings. The van der Waals surface area contributed by atoms with Crippen molar-refractivity contribution in [3.8, 4) is 29.6 Å². The third-order valence-corrected chi connectivity index (χ3v) is 9.67. The summed E-state index contributed by atoms with van der Waals surface area (Å²) in [6, 6.07) is 10.4. The molecule has 8 rings (SSSR count). The highest BCUT2D eigenvalue weighted by molar-refractivity contribution is 6.02. The largest absolute Gasteiger partial charge is 0.467 e. The van der Waals surface area contributed by atoms with E-state index in [0.717, 1.165) is 32.0 Å². The first-order valence-electron chi connectivity index (χ1n) is 15.4. The van der Waals surface area contributed by atoms with Gasteiger partial charge in [-0.25, -0.2) is 8.78 Å². The SMILES string of the molecule is C#Cc1c(F)ccc2cccc(-c3ncc4c(N5CC6CCC(C5)N6)nc(OC)nc4c3F)c12.OCC1CCC2CCCN12. The molecule has 228 valence electrons. The number of benzene rings is 2. The molecule has 0 radical (unpaired) electrons. The van der Waals surface area contributed by atoms with Crippen LogP contribution in [0.4, 0.5) is 14.6 Å². The van der Waals surface area contributed by atoms with E-state index in [9.17, 15) is 4.39 Å². The average molecular weight is 599 g/mol. The van der Waals surface area contributed by atoms with Gasteiger partial charge in [-0.2, -0.15) is 9.97 Å². The maximum atomic E-state index is 16.1. The Balaban J connectivity index is 0.000000264. The number of methoxy groups -OCH3 is 1. The van der Waals surface area contributed by atoms with Gasteiger partial charge in [0.25, 0.3) is 0 Å². The molecule has 4 aliphatic heterocycles. The van der Waals surface area contributed by atoms with Crippen LogP contribution in [0.5, 0.6) is 6.01 Å². The molecule has 4 unspecified atom stereocenters. The second-order valence-electron chi connectivity index (χ2n) is 12.2. The summed E-state index contributed by atoms with van der Waals surface area (Å²) in [6.07, 6.45) is 14.7. The van der Waals surface area contributed by atoms with Crippen LogP contribution in [0.1, 0.15) is 44.1 Å². The van der Waals surface area contributed by atoms with Gasteiger partial charge in [0.2, 0.25) is 0 Å². The van der Waals surface area contributed by atoms with Crippen molar-refractivity contribution in [1.29, 1.82) is 0 Å². The van der Waals surface area contributed by atoms with Crippen LogP contribution < -0.4 is 15.0 Å². The van der Waals surface area contributed by atoms with E-state index in [1.54, 1.807) is 30.5 Å². The number of terminal acetylenes is 1. The molecule has 4 saturated heterocycles. The smallest absolute Gasteiger partial charge is 0.318 e. The first-order valence-corrected chi connectivity index (χ1v) is 15.4. The van der Waals surface area contributed by atoms with Crippen molar-refractivity contribution in [3.05, 3.63) is 53.7 Å². The summed E-state index contributed by atoms with van der Waals surface area (Å²) in [7, 11) is 1.46. The number of nitrogens with one attached hydrogen (secondary N) is 1. The number of nitrogens with zero attached hydrogens (tertiary/aromatic N) is 5. The lowest BCUT2D eigenvalue weighted by atomic mass is 9.96. The Labute approximate surface area is 255 Å². The number of aliphatic hydroxyl groups excluding tert-OH is 1. The zero-order chi connectivity index (χ0) is 30.4. The molecule has 44 heavy (non-hydrogen) atoms. The van der Waals surface area contributed by atoms with E-state index in [0.29, 0.717) is 52.3 Å². The van der Waals surface area contributed by atoms with Crippen LogP contribution in [-0.4, -0.2) is 82.5 Å². The van der Waals surface area contributed by atoms with Gasteiger partial charge in [-0.15, -0.1) is 6.42 Å². The highest BCUT2D eigenvalue weighted by atomic mass is 19.1. The Kier molecular flexibility index (Phi) is 7.79. The van der Waals surface area contributed by atoms with Crippen LogP contribution >= 0.6 is 0 Å². The summed E-state index contributed by atoms with van der Waals surface area (Å²) in [5.74, 6) is 1.84. The number of pyridine rings is 1. The fraction of sp³-hybridized carbons (Fsp3) is 0.441. The minimum atomic E-state index is -0.628. The lowest BCUT2D eigenvalue weighted by Crippen LogP contribution is -2.51. The molecule has 8 nitrogen and oxygen atoms in total. The maximum absolute atomic E-state index is 16.1. The van der Waals surface area contributed by atoms with E-state index < -0.39 is 11.6 Å². The molecule has 0 aliphatic carbocycles. The summed E-state index contributed by atoms with van der Waals surface area (Å²) in [6.45, 7) is 3.14. The van der Waals surface area contributed by atoms with Crippen LogP contribution in [0.2, 0.25) is 0 Å². The Bertz CT molecular complexity index is 1750. The summed E-state index contributed by atoms with van der Waals surface area (Å²) >= 11 is 0. The first kappa shape index (κ1) is 28.8. The van der Waals surface area contributed by atoms with Gasteiger partial charge < -0.3 is 20.1 Å². The molecule has 2 N–H and O–H groups in total. The van der Waals surface area contributed by atoms with Gasteiger partial charge >= 0.3 is 6.01 Å². The zero-order valence-electron chi connectivity index (χ0n) is 24.8. The number of rotatable bonds is 4. The Morgan fingerprint density at radius 3 is 2.64 bits per heavy atom. The maximum Gasteiger partial charge on any atom is 0.318 e. The quantitative estimate of drug-likeness (QED) is 0.328. The van der Waals surface area contributed by atoms with Crippen molar-refractivity contribution >= 4 is 27.5 Å². The van der Waals surface area contributed by atoms with Crippen molar-refractivity contribution in [1.82, 2.24) is 25.2 Å². The van der Waals surface area contributed by atoms with Crippen molar-refractivity contribution in [2.75, 3.05) is 38.3 Å². The van der Waals surface area contributed by atoms with E-state index in [1.807, 2.05) is 0 Å². The van der Waals surface area contributed by atoms with Gasteiger partial charge in [0.05, 0.1) is 24.7 Å². The van der Waals surface area contributed by atoms with Crippen LogP contribution in [0.25, 0.3) is 32.9 Å². The second kappa shape index (κ2) is 11.9. The van der Waals surface area contributed by atoms with E-state index in [2.05, 4.69) is 36.0 Å². The number of piperazine rings is 1. The number of halogens is 2. The molecular weight excluding hydrogens is 562 g/mol. The zero-order valence-corrected chi connectivity index (χ0v) is 24.8. The summed E-state index contributed by atoms with van der Waals surface area (Å²) in [5.41, 5.74) is 0.635. The second-order valence-corrected chi connectivity index (χ2v) is 12.2. The number of aromatic nitrogens is 3. The molecule has 0 amide bonds. The van der Waals surface area contributed by atoms with E-state index in [1.165, 1.54) is 45.4 Å². The topological polar surface area (TPSA) is 86.6 Å². The fourth-order valence-corrected chi connectivity index (χ4v) is 7.60. The van der Waals surface area contributed by atoms with Crippen molar-refractivity contribution in [3.63, 3.8) is 0 Å². The molecule has 10 heteroatoms. The van der Waals surface area contributed by atoms with Crippen molar-refractivity contribution in [2.24, 2.45) is 0 Å². The average Bonchev–Trinajstić information content (AvgIpc) is 3.77. The molecule has 0 spiro atoms. The van der Waals surface area contributed by atoms with Crippen LogP contribution in [0.3, 0.4) is 0 Å². The van der Waals surface area contributed by atoms with E-state index in [-0.39, 0.29) is 22.8 Å². The van der Waals surface area contributed by atoms with Crippen LogP contribution in [-0.2, 0) is 0 Å². The minimum Gasteiger partial charge on any atom is -0.467 e. The summed E-state index contributed by atoms with van der Waals surface area (Å²) in [4.78, 5) is 18.0. The monoisotopic (exact) mass is 598 g/mol. The number of hydrogen-bond donors (Lipinski definition) is 2. The number of fused-ring (bicyclic) bond motifs is 5. The minimum absolute atomic E-state index is 0.0484. The highest BCUT2D eigenvalue weighted by Gasteiger charge is 2.36. The number of ether oxygens (including phenoxy) is 1. The molecular formula is C34H36F2N6O2. The Hall–Kier alpha value is -3.91.